The summed E-state index contributed by atoms with van der Waals surface area (Å²) in [6.07, 6.45) is 0. The first-order valence-corrected chi connectivity index (χ1v) is 20.3. The van der Waals surface area contributed by atoms with Gasteiger partial charge in [0, 0.05) is 53.6 Å². The van der Waals surface area contributed by atoms with Gasteiger partial charge in [0.05, 0.1) is 0 Å². The smallest absolute Gasteiger partial charge is 0.164 e. The summed E-state index contributed by atoms with van der Waals surface area (Å²) in [5.41, 5.74) is 7.59. The molecule has 0 atom stereocenters. The standard InChI is InChI=1S/C52H32N6S/c1-3-12-33(13-4-1)35-22-25-37(26-23-35)48-55-50(57-51(56-48)41-27-24-34-14-7-8-17-38(34)30-41)40-19-11-18-39(31-40)49-53-47(36-15-5-2-6-16-36)54-52(58-49)42-28-29-44-43-20-9-10-21-45(43)59-46(44)32-42/h1-32H. The van der Waals surface area contributed by atoms with Gasteiger partial charge in [0.25, 0.3) is 0 Å². The van der Waals surface area contributed by atoms with Gasteiger partial charge in [0.1, 0.15) is 0 Å². The Morgan fingerprint density at radius 1 is 0.237 bits per heavy atom. The zero-order chi connectivity index (χ0) is 39.1. The minimum atomic E-state index is 0.555. The molecule has 11 rings (SSSR count). The van der Waals surface area contributed by atoms with Gasteiger partial charge >= 0.3 is 0 Å². The Kier molecular flexibility index (Phi) is 8.56. The van der Waals surface area contributed by atoms with Crippen molar-refractivity contribution in [2.75, 3.05) is 0 Å². The number of nitrogens with zero attached hydrogens (tertiary/aromatic N) is 6. The van der Waals surface area contributed by atoms with Crippen molar-refractivity contribution < 1.29 is 0 Å². The zero-order valence-corrected chi connectivity index (χ0v) is 32.4. The Hall–Kier alpha value is -7.74. The first-order chi connectivity index (χ1) is 29.2. The third kappa shape index (κ3) is 6.69. The van der Waals surface area contributed by atoms with Crippen LogP contribution in [-0.4, -0.2) is 29.9 Å². The second kappa shape index (κ2) is 14.6. The van der Waals surface area contributed by atoms with Crippen LogP contribution in [0.3, 0.4) is 0 Å². The molecule has 276 valence electrons. The molecule has 0 aliphatic heterocycles. The van der Waals surface area contributed by atoms with Crippen LogP contribution in [0.2, 0.25) is 0 Å². The number of aromatic nitrogens is 6. The lowest BCUT2D eigenvalue weighted by Crippen LogP contribution is -2.02. The summed E-state index contributed by atoms with van der Waals surface area (Å²) in [6.45, 7) is 0. The van der Waals surface area contributed by atoms with Gasteiger partial charge in [-0.25, -0.2) is 29.9 Å². The highest BCUT2D eigenvalue weighted by molar-refractivity contribution is 7.25. The molecule has 6 nitrogen and oxygen atoms in total. The maximum atomic E-state index is 5.12. The Morgan fingerprint density at radius 3 is 1.31 bits per heavy atom. The molecule has 0 N–H and O–H groups in total. The molecule has 3 aromatic heterocycles. The SMILES string of the molecule is c1ccc(-c2ccc(-c3nc(-c4cccc(-c5nc(-c6ccccc6)nc(-c6ccc7c(c6)sc6ccccc67)n5)c4)nc(-c4ccc5ccccc5c4)n3)cc2)cc1. The maximum Gasteiger partial charge on any atom is 0.164 e. The molecule has 0 amide bonds. The molecule has 0 unspecified atom stereocenters. The number of hydrogen-bond acceptors (Lipinski definition) is 7. The summed E-state index contributed by atoms with van der Waals surface area (Å²) < 4.78 is 2.45. The van der Waals surface area contributed by atoms with Crippen LogP contribution in [-0.2, 0) is 0 Å². The van der Waals surface area contributed by atoms with Crippen molar-refractivity contribution in [3.8, 4) is 79.5 Å². The lowest BCUT2D eigenvalue weighted by Gasteiger charge is -2.11. The third-order valence-electron chi connectivity index (χ3n) is 10.6. The molecule has 0 saturated heterocycles. The normalized spacial score (nSPS) is 11.4. The number of fused-ring (bicyclic) bond motifs is 4. The van der Waals surface area contributed by atoms with Gasteiger partial charge in [0.15, 0.2) is 34.9 Å². The highest BCUT2D eigenvalue weighted by Gasteiger charge is 2.17. The van der Waals surface area contributed by atoms with E-state index in [4.69, 9.17) is 29.9 Å². The summed E-state index contributed by atoms with van der Waals surface area (Å²) in [5, 5.41) is 4.76. The Bertz CT molecular complexity index is 3330. The van der Waals surface area contributed by atoms with E-state index >= 15 is 0 Å². The lowest BCUT2D eigenvalue weighted by molar-refractivity contribution is 1.07. The van der Waals surface area contributed by atoms with Crippen molar-refractivity contribution in [2.24, 2.45) is 0 Å². The summed E-state index contributed by atoms with van der Waals surface area (Å²) in [4.78, 5) is 30.5. The molecular weight excluding hydrogens is 741 g/mol. The number of thiophene rings is 1. The van der Waals surface area contributed by atoms with Gasteiger partial charge in [-0.1, -0.05) is 170 Å². The number of rotatable bonds is 7. The van der Waals surface area contributed by atoms with Crippen molar-refractivity contribution in [1.29, 1.82) is 0 Å². The summed E-state index contributed by atoms with van der Waals surface area (Å²) >= 11 is 1.78. The second-order valence-corrected chi connectivity index (χ2v) is 15.5. The first kappa shape index (κ1) is 34.5. The van der Waals surface area contributed by atoms with Crippen molar-refractivity contribution in [3.05, 3.63) is 194 Å². The molecule has 3 heterocycles. The van der Waals surface area contributed by atoms with Crippen LogP contribution in [0.25, 0.3) is 110 Å². The Morgan fingerprint density at radius 2 is 0.644 bits per heavy atom. The fourth-order valence-electron chi connectivity index (χ4n) is 7.55. The first-order valence-electron chi connectivity index (χ1n) is 19.4. The molecule has 0 spiro atoms. The fraction of sp³-hybridized carbons (Fsp3) is 0. The fourth-order valence-corrected chi connectivity index (χ4v) is 8.69. The van der Waals surface area contributed by atoms with E-state index in [0.717, 1.165) is 55.3 Å². The van der Waals surface area contributed by atoms with Crippen molar-refractivity contribution >= 4 is 42.3 Å². The monoisotopic (exact) mass is 772 g/mol. The molecule has 0 saturated carbocycles. The average molecular weight is 773 g/mol. The molecule has 0 bridgehead atoms. The molecule has 0 aliphatic carbocycles. The molecule has 0 radical (unpaired) electrons. The second-order valence-electron chi connectivity index (χ2n) is 14.4. The minimum Gasteiger partial charge on any atom is -0.208 e. The van der Waals surface area contributed by atoms with Crippen LogP contribution in [0.1, 0.15) is 0 Å². The van der Waals surface area contributed by atoms with Gasteiger partial charge in [-0.3, -0.25) is 0 Å². The van der Waals surface area contributed by atoms with Crippen LogP contribution in [0.5, 0.6) is 0 Å². The molecule has 59 heavy (non-hydrogen) atoms. The van der Waals surface area contributed by atoms with E-state index in [-0.39, 0.29) is 0 Å². The van der Waals surface area contributed by atoms with E-state index in [0.29, 0.717) is 34.9 Å². The van der Waals surface area contributed by atoms with Crippen molar-refractivity contribution in [1.82, 2.24) is 29.9 Å². The highest BCUT2D eigenvalue weighted by Crippen LogP contribution is 2.37. The van der Waals surface area contributed by atoms with Gasteiger partial charge in [0.2, 0.25) is 0 Å². The molecule has 0 aliphatic rings. The lowest BCUT2D eigenvalue weighted by atomic mass is 10.0. The maximum absolute atomic E-state index is 5.12. The van der Waals surface area contributed by atoms with Crippen molar-refractivity contribution in [2.45, 2.75) is 0 Å². The molecule has 0 fully saturated rings. The minimum absolute atomic E-state index is 0.555. The summed E-state index contributed by atoms with van der Waals surface area (Å²) in [7, 11) is 0. The summed E-state index contributed by atoms with van der Waals surface area (Å²) in [5.74, 6) is 3.52. The van der Waals surface area contributed by atoms with Crippen molar-refractivity contribution in [3.63, 3.8) is 0 Å². The van der Waals surface area contributed by atoms with E-state index in [2.05, 4.69) is 133 Å². The number of hydrogen-bond donors (Lipinski definition) is 0. The van der Waals surface area contributed by atoms with E-state index in [9.17, 15) is 0 Å². The van der Waals surface area contributed by atoms with Gasteiger partial charge in [-0.05, 0) is 46.2 Å². The van der Waals surface area contributed by atoms with Crippen LogP contribution in [0.15, 0.2) is 194 Å². The van der Waals surface area contributed by atoms with Crippen LogP contribution in [0, 0.1) is 0 Å². The zero-order valence-electron chi connectivity index (χ0n) is 31.6. The molecule has 7 heteroatoms. The Balaban J connectivity index is 1.04. The predicted molar refractivity (Wildman–Crippen MR) is 242 cm³/mol. The molecule has 8 aromatic carbocycles. The highest BCUT2D eigenvalue weighted by atomic mass is 32.1. The largest absolute Gasteiger partial charge is 0.208 e. The predicted octanol–water partition coefficient (Wildman–Crippen LogP) is 13.2. The van der Waals surface area contributed by atoms with Crippen LogP contribution >= 0.6 is 11.3 Å². The van der Waals surface area contributed by atoms with Crippen LogP contribution < -0.4 is 0 Å². The average Bonchev–Trinajstić information content (AvgIpc) is 3.70. The number of benzene rings is 8. The van der Waals surface area contributed by atoms with E-state index in [1.807, 2.05) is 60.7 Å². The quantitative estimate of drug-likeness (QED) is 0.161. The van der Waals surface area contributed by atoms with Crippen LogP contribution in [0.4, 0.5) is 0 Å². The molecular formula is C52H32N6S. The Labute approximate surface area is 344 Å². The van der Waals surface area contributed by atoms with Gasteiger partial charge in [-0.15, -0.1) is 11.3 Å². The topological polar surface area (TPSA) is 77.3 Å². The third-order valence-corrected chi connectivity index (χ3v) is 11.7. The van der Waals surface area contributed by atoms with E-state index in [1.54, 1.807) is 11.3 Å². The van der Waals surface area contributed by atoms with E-state index in [1.165, 1.54) is 20.2 Å². The van der Waals surface area contributed by atoms with E-state index < -0.39 is 0 Å². The van der Waals surface area contributed by atoms with Gasteiger partial charge in [-0.2, -0.15) is 0 Å². The molecule has 11 aromatic rings. The van der Waals surface area contributed by atoms with Gasteiger partial charge < -0.3 is 0 Å². The summed E-state index contributed by atoms with van der Waals surface area (Å²) in [6, 6.07) is 66.6.